The second kappa shape index (κ2) is 11.9. The molecule has 9 aromatic rings. The molecule has 1 aliphatic carbocycles. The summed E-state index contributed by atoms with van der Waals surface area (Å²) in [6.07, 6.45) is 0. The minimum absolute atomic E-state index is 0.624. The molecular formula is C50H31N3O. The van der Waals surface area contributed by atoms with E-state index in [0.717, 1.165) is 56.0 Å². The molecular weight excluding hydrogens is 659 g/mol. The summed E-state index contributed by atoms with van der Waals surface area (Å²) in [4.78, 5) is 15.7. The average Bonchev–Trinajstić information content (AvgIpc) is 3.54. The van der Waals surface area contributed by atoms with E-state index in [2.05, 4.69) is 158 Å². The maximum Gasteiger partial charge on any atom is 0.164 e. The molecule has 11 rings (SSSR count). The van der Waals surface area contributed by atoms with Gasteiger partial charge in [0, 0.05) is 27.8 Å². The fourth-order valence-electron chi connectivity index (χ4n) is 8.62. The third-order valence-corrected chi connectivity index (χ3v) is 11.0. The lowest BCUT2D eigenvalue weighted by atomic mass is 9.65. The quantitative estimate of drug-likeness (QED) is 0.185. The summed E-state index contributed by atoms with van der Waals surface area (Å²) in [5.41, 5.74) is 11.4. The Bertz CT molecular complexity index is 2870. The second-order valence-electron chi connectivity index (χ2n) is 13.9. The zero-order valence-electron chi connectivity index (χ0n) is 29.1. The summed E-state index contributed by atoms with van der Waals surface area (Å²) in [7, 11) is 0. The van der Waals surface area contributed by atoms with Crippen LogP contribution in [0.4, 0.5) is 0 Å². The normalized spacial score (nSPS) is 13.1. The predicted octanol–water partition coefficient (Wildman–Crippen LogP) is 12.2. The molecule has 0 N–H and O–H groups in total. The second-order valence-corrected chi connectivity index (χ2v) is 13.9. The van der Waals surface area contributed by atoms with Crippen LogP contribution in [0.2, 0.25) is 0 Å². The molecule has 4 heteroatoms. The van der Waals surface area contributed by atoms with Crippen molar-refractivity contribution in [3.05, 3.63) is 210 Å². The number of hydrogen-bond donors (Lipinski definition) is 0. The van der Waals surface area contributed by atoms with Crippen LogP contribution in [0.15, 0.2) is 188 Å². The standard InChI is InChI=1S/C50H31N3O/c1-2-14-34(15-3-1)47-51-48(35-28-25-33(26-29-35)37-30-27-32-13-4-5-16-36(32)31-37)53-49(52-47)40-19-12-18-39-38-17-6-7-20-41(38)50(46(39)40)42-21-8-10-23-44(42)54-45-24-11-9-22-43(45)50/h1-31H. The van der Waals surface area contributed by atoms with Crippen molar-refractivity contribution >= 4 is 10.8 Å². The topological polar surface area (TPSA) is 47.9 Å². The lowest BCUT2D eigenvalue weighted by Crippen LogP contribution is -2.32. The Morgan fingerprint density at radius 2 is 0.852 bits per heavy atom. The van der Waals surface area contributed by atoms with E-state index in [9.17, 15) is 0 Å². The smallest absolute Gasteiger partial charge is 0.164 e. The Morgan fingerprint density at radius 1 is 0.333 bits per heavy atom. The van der Waals surface area contributed by atoms with Gasteiger partial charge in [0.2, 0.25) is 0 Å². The molecule has 0 unspecified atom stereocenters. The molecule has 0 amide bonds. The van der Waals surface area contributed by atoms with Gasteiger partial charge in [0.1, 0.15) is 11.5 Å². The molecule has 8 aromatic carbocycles. The van der Waals surface area contributed by atoms with E-state index in [-0.39, 0.29) is 0 Å². The van der Waals surface area contributed by atoms with Gasteiger partial charge in [-0.25, -0.2) is 15.0 Å². The number of rotatable bonds is 4. The minimum atomic E-state index is -0.658. The van der Waals surface area contributed by atoms with Gasteiger partial charge >= 0.3 is 0 Å². The van der Waals surface area contributed by atoms with Gasteiger partial charge in [-0.15, -0.1) is 0 Å². The molecule has 1 aromatic heterocycles. The summed E-state index contributed by atoms with van der Waals surface area (Å²) in [5.74, 6) is 3.58. The van der Waals surface area contributed by atoms with Crippen LogP contribution in [0.3, 0.4) is 0 Å². The van der Waals surface area contributed by atoms with Crippen molar-refractivity contribution in [3.8, 4) is 67.9 Å². The van der Waals surface area contributed by atoms with E-state index in [4.69, 9.17) is 19.7 Å². The first-order valence-corrected chi connectivity index (χ1v) is 18.3. The number of nitrogens with zero attached hydrogens (tertiary/aromatic N) is 3. The highest BCUT2D eigenvalue weighted by atomic mass is 16.5. The Morgan fingerprint density at radius 3 is 1.59 bits per heavy atom. The first-order valence-electron chi connectivity index (χ1n) is 18.3. The molecule has 54 heavy (non-hydrogen) atoms. The molecule has 2 aliphatic rings. The molecule has 0 radical (unpaired) electrons. The van der Waals surface area contributed by atoms with Crippen molar-refractivity contribution in [1.82, 2.24) is 15.0 Å². The monoisotopic (exact) mass is 689 g/mol. The van der Waals surface area contributed by atoms with E-state index in [0.29, 0.717) is 17.5 Å². The van der Waals surface area contributed by atoms with Crippen LogP contribution in [0.25, 0.3) is 67.2 Å². The largest absolute Gasteiger partial charge is 0.457 e. The highest BCUT2D eigenvalue weighted by Crippen LogP contribution is 2.63. The molecule has 252 valence electrons. The van der Waals surface area contributed by atoms with Crippen molar-refractivity contribution in [1.29, 1.82) is 0 Å². The van der Waals surface area contributed by atoms with E-state index in [1.165, 1.54) is 27.5 Å². The van der Waals surface area contributed by atoms with Gasteiger partial charge in [-0.1, -0.05) is 170 Å². The average molecular weight is 690 g/mol. The number of hydrogen-bond acceptors (Lipinski definition) is 4. The van der Waals surface area contributed by atoms with Crippen LogP contribution in [-0.4, -0.2) is 15.0 Å². The molecule has 2 heterocycles. The summed E-state index contributed by atoms with van der Waals surface area (Å²) in [6, 6.07) is 66.0. The SMILES string of the molecule is c1ccc(-c2nc(-c3ccc(-c4ccc5ccccc5c4)cc3)nc(-c3cccc4c3C3(c5ccccc5Oc5ccccc53)c3ccccc3-4)n2)cc1. The van der Waals surface area contributed by atoms with Gasteiger partial charge in [0.05, 0.1) is 5.41 Å². The summed E-state index contributed by atoms with van der Waals surface area (Å²) >= 11 is 0. The van der Waals surface area contributed by atoms with E-state index < -0.39 is 5.41 Å². The van der Waals surface area contributed by atoms with Gasteiger partial charge in [-0.3, -0.25) is 0 Å². The third kappa shape index (κ3) is 4.53. The van der Waals surface area contributed by atoms with Gasteiger partial charge < -0.3 is 4.74 Å². The Hall–Kier alpha value is -7.17. The van der Waals surface area contributed by atoms with Crippen molar-refractivity contribution < 1.29 is 4.74 Å². The first-order chi connectivity index (χ1) is 26.8. The van der Waals surface area contributed by atoms with Crippen LogP contribution in [0, 0.1) is 0 Å². The number of aromatic nitrogens is 3. The van der Waals surface area contributed by atoms with Crippen LogP contribution in [0.1, 0.15) is 22.3 Å². The van der Waals surface area contributed by atoms with Crippen molar-refractivity contribution in [3.63, 3.8) is 0 Å². The lowest BCUT2D eigenvalue weighted by Gasteiger charge is -2.40. The number of ether oxygens (including phenoxy) is 1. The molecule has 4 nitrogen and oxygen atoms in total. The molecule has 1 spiro atoms. The number of benzene rings is 8. The van der Waals surface area contributed by atoms with Gasteiger partial charge in [-0.2, -0.15) is 0 Å². The Kier molecular flexibility index (Phi) is 6.73. The van der Waals surface area contributed by atoms with Gasteiger partial charge in [-0.05, 0) is 62.4 Å². The van der Waals surface area contributed by atoms with E-state index in [1.807, 2.05) is 30.3 Å². The summed E-state index contributed by atoms with van der Waals surface area (Å²) < 4.78 is 6.62. The molecule has 1 aliphatic heterocycles. The van der Waals surface area contributed by atoms with Crippen molar-refractivity contribution in [2.75, 3.05) is 0 Å². The molecule has 0 atom stereocenters. The number of para-hydroxylation sites is 2. The van der Waals surface area contributed by atoms with E-state index >= 15 is 0 Å². The van der Waals surface area contributed by atoms with Crippen LogP contribution in [-0.2, 0) is 5.41 Å². The Balaban J connectivity index is 1.14. The highest BCUT2D eigenvalue weighted by molar-refractivity contribution is 5.93. The first kappa shape index (κ1) is 30.5. The fraction of sp³-hybridized carbons (Fsp3) is 0.0200. The lowest BCUT2D eigenvalue weighted by molar-refractivity contribution is 0.436. The van der Waals surface area contributed by atoms with Crippen LogP contribution in [0.5, 0.6) is 11.5 Å². The maximum absolute atomic E-state index is 6.62. The molecule has 0 fully saturated rings. The van der Waals surface area contributed by atoms with Crippen molar-refractivity contribution in [2.24, 2.45) is 0 Å². The van der Waals surface area contributed by atoms with Gasteiger partial charge in [0.15, 0.2) is 17.5 Å². The van der Waals surface area contributed by atoms with Crippen LogP contribution >= 0.6 is 0 Å². The number of fused-ring (bicyclic) bond motifs is 10. The predicted molar refractivity (Wildman–Crippen MR) is 216 cm³/mol. The Labute approximate surface area is 313 Å². The zero-order valence-corrected chi connectivity index (χ0v) is 29.1. The summed E-state index contributed by atoms with van der Waals surface area (Å²) in [5, 5.41) is 2.45. The molecule has 0 bridgehead atoms. The maximum atomic E-state index is 6.62. The summed E-state index contributed by atoms with van der Waals surface area (Å²) in [6.45, 7) is 0. The van der Waals surface area contributed by atoms with Gasteiger partial charge in [0.25, 0.3) is 0 Å². The third-order valence-electron chi connectivity index (χ3n) is 11.0. The fourth-order valence-corrected chi connectivity index (χ4v) is 8.62. The molecule has 0 saturated carbocycles. The van der Waals surface area contributed by atoms with Crippen LogP contribution < -0.4 is 4.74 Å². The zero-order chi connectivity index (χ0) is 35.6. The molecule has 0 saturated heterocycles. The van der Waals surface area contributed by atoms with E-state index in [1.54, 1.807) is 0 Å². The highest BCUT2D eigenvalue weighted by Gasteiger charge is 2.52. The minimum Gasteiger partial charge on any atom is -0.457 e. The van der Waals surface area contributed by atoms with Crippen molar-refractivity contribution in [2.45, 2.75) is 5.41 Å².